The average molecular weight is 642 g/mol. The first-order chi connectivity index (χ1) is 21.3. The Morgan fingerprint density at radius 2 is 1.78 bits per heavy atom. The summed E-state index contributed by atoms with van der Waals surface area (Å²) in [6, 6.07) is 8.59. The monoisotopic (exact) mass is 641 g/mol. The van der Waals surface area contributed by atoms with Gasteiger partial charge in [0.05, 0.1) is 23.5 Å². The van der Waals surface area contributed by atoms with Gasteiger partial charge in [0.25, 0.3) is 11.8 Å². The van der Waals surface area contributed by atoms with E-state index in [2.05, 4.69) is 4.98 Å². The molecule has 6 rings (SSSR count). The Morgan fingerprint density at radius 1 is 1.07 bits per heavy atom. The van der Waals surface area contributed by atoms with Crippen LogP contribution in [0, 0.1) is 17.8 Å². The first-order valence-electron chi connectivity index (χ1n) is 14.2. The summed E-state index contributed by atoms with van der Waals surface area (Å²) < 4.78 is 45.8. The molecular weight excluding hydrogens is 615 g/mol. The number of benzene rings is 1. The summed E-state index contributed by atoms with van der Waals surface area (Å²) >= 11 is 6.19. The van der Waals surface area contributed by atoms with E-state index in [4.69, 9.17) is 21.4 Å². The summed E-state index contributed by atoms with van der Waals surface area (Å²) in [6.45, 7) is 1.49. The number of rotatable bonds is 6. The lowest BCUT2D eigenvalue weighted by Crippen LogP contribution is -2.46. The molecule has 1 aromatic heterocycles. The number of imide groups is 1. The highest BCUT2D eigenvalue weighted by Gasteiger charge is 2.57. The third-order valence-electron chi connectivity index (χ3n) is 8.84. The third kappa shape index (κ3) is 5.05. The molecule has 2 heterocycles. The number of carbonyl (C=O) groups is 4. The van der Waals surface area contributed by atoms with Crippen molar-refractivity contribution >= 4 is 40.8 Å². The number of fused-ring (bicyclic) bond motifs is 3. The molecule has 45 heavy (non-hydrogen) atoms. The van der Waals surface area contributed by atoms with Gasteiger partial charge in [-0.2, -0.15) is 18.2 Å². The number of pyridine rings is 1. The van der Waals surface area contributed by atoms with Gasteiger partial charge in [0.15, 0.2) is 17.4 Å². The zero-order valence-corrected chi connectivity index (χ0v) is 24.9. The molecule has 0 saturated carbocycles. The summed E-state index contributed by atoms with van der Waals surface area (Å²) in [4.78, 5) is 58.3. The van der Waals surface area contributed by atoms with Crippen molar-refractivity contribution in [3.63, 3.8) is 0 Å². The number of carbonyl (C=O) groups excluding carboxylic acids is 4. The van der Waals surface area contributed by atoms with Gasteiger partial charge in [-0.15, -0.1) is 0 Å². The number of amides is 2. The number of hydrogen-bond acceptors (Lipinski definition) is 8. The normalized spacial score (nSPS) is 24.6. The van der Waals surface area contributed by atoms with Crippen molar-refractivity contribution in [2.75, 3.05) is 25.3 Å². The van der Waals surface area contributed by atoms with Gasteiger partial charge in [0, 0.05) is 29.7 Å². The fraction of sp³-hybridized carbons (Fsp3) is 0.344. The summed E-state index contributed by atoms with van der Waals surface area (Å²) in [5.41, 5.74) is 1.06. The van der Waals surface area contributed by atoms with E-state index in [1.807, 2.05) is 6.08 Å². The maximum atomic E-state index is 14.1. The van der Waals surface area contributed by atoms with Crippen molar-refractivity contribution < 1.29 is 42.2 Å². The van der Waals surface area contributed by atoms with Crippen LogP contribution in [0.2, 0.25) is 5.02 Å². The number of halogens is 4. The van der Waals surface area contributed by atoms with E-state index in [9.17, 15) is 32.3 Å². The Labute approximate surface area is 260 Å². The molecule has 0 radical (unpaired) electrons. The van der Waals surface area contributed by atoms with Gasteiger partial charge >= 0.3 is 6.18 Å². The zero-order chi connectivity index (χ0) is 32.4. The largest absolute Gasteiger partial charge is 0.491 e. The number of aliphatic hydroxyl groups excluding tert-OH is 1. The number of allylic oxidation sites excluding steroid dienone is 6. The van der Waals surface area contributed by atoms with Crippen LogP contribution in [0.5, 0.6) is 5.75 Å². The third-order valence-corrected chi connectivity index (χ3v) is 9.13. The molecule has 1 N–H and O–H groups in total. The molecule has 4 atom stereocenters. The van der Waals surface area contributed by atoms with E-state index in [1.54, 1.807) is 31.2 Å². The number of aromatic nitrogens is 1. The molecule has 0 spiro atoms. The Kier molecular flexibility index (Phi) is 7.68. The Balaban J connectivity index is 1.40. The number of ether oxygens (including phenoxy) is 1. The lowest BCUT2D eigenvalue weighted by Gasteiger charge is -2.42. The van der Waals surface area contributed by atoms with Gasteiger partial charge < -0.3 is 9.84 Å². The number of aliphatic hydroxyl groups is 1. The number of nitrogens with zero attached hydrogens (tertiary/aromatic N) is 3. The first kappa shape index (κ1) is 30.7. The van der Waals surface area contributed by atoms with Crippen LogP contribution in [-0.2, 0) is 25.4 Å². The van der Waals surface area contributed by atoms with E-state index >= 15 is 0 Å². The van der Waals surface area contributed by atoms with E-state index in [0.29, 0.717) is 28.5 Å². The van der Waals surface area contributed by atoms with Gasteiger partial charge in [-0.25, -0.2) is 4.98 Å². The molecular formula is C32H27ClF3N3O6. The van der Waals surface area contributed by atoms with Gasteiger partial charge in [-0.05, 0) is 61.6 Å². The molecule has 0 bridgehead atoms. The highest BCUT2D eigenvalue weighted by atomic mass is 35.5. The van der Waals surface area contributed by atoms with Gasteiger partial charge in [0.1, 0.15) is 18.1 Å². The molecule has 1 saturated heterocycles. The quantitative estimate of drug-likeness (QED) is 0.276. The van der Waals surface area contributed by atoms with Gasteiger partial charge in [-0.1, -0.05) is 35.4 Å². The van der Waals surface area contributed by atoms with Crippen LogP contribution in [0.25, 0.3) is 0 Å². The zero-order valence-electron chi connectivity index (χ0n) is 24.1. The van der Waals surface area contributed by atoms with E-state index in [0.717, 1.165) is 21.7 Å². The van der Waals surface area contributed by atoms with Crippen molar-refractivity contribution in [2.24, 2.45) is 17.8 Å². The second-order valence-electron chi connectivity index (χ2n) is 11.4. The number of anilines is 1. The minimum Gasteiger partial charge on any atom is -0.491 e. The maximum absolute atomic E-state index is 14.1. The van der Waals surface area contributed by atoms with E-state index < -0.39 is 53.2 Å². The molecule has 1 aromatic carbocycles. The summed E-state index contributed by atoms with van der Waals surface area (Å²) in [5, 5.41) is 10.6. The minimum atomic E-state index is -4.78. The molecule has 1 fully saturated rings. The Morgan fingerprint density at radius 3 is 2.44 bits per heavy atom. The number of ketones is 2. The summed E-state index contributed by atoms with van der Waals surface area (Å²) in [7, 11) is 1.25. The second-order valence-corrected chi connectivity index (χ2v) is 11.8. The summed E-state index contributed by atoms with van der Waals surface area (Å²) in [5.74, 6) is -4.93. The predicted molar refractivity (Wildman–Crippen MR) is 155 cm³/mol. The van der Waals surface area contributed by atoms with Crippen molar-refractivity contribution in [1.82, 2.24) is 9.99 Å². The van der Waals surface area contributed by atoms with Crippen molar-refractivity contribution in [3.8, 4) is 5.75 Å². The van der Waals surface area contributed by atoms with Crippen LogP contribution in [0.1, 0.15) is 36.9 Å². The van der Waals surface area contributed by atoms with E-state index in [1.165, 1.54) is 13.1 Å². The minimum absolute atomic E-state index is 0.0457. The predicted octanol–water partition coefficient (Wildman–Crippen LogP) is 4.61. The van der Waals surface area contributed by atoms with Crippen molar-refractivity contribution in [3.05, 3.63) is 87.1 Å². The second kappa shape index (κ2) is 11.3. The van der Waals surface area contributed by atoms with Gasteiger partial charge in [-0.3, -0.25) is 24.2 Å². The summed E-state index contributed by atoms with van der Waals surface area (Å²) in [6.07, 6.45) is -1.48. The standard InChI is InChI=1S/C32H27ClF3N3O6/c1-15-13-23(41)21-14-20-18(25(27(21)28(15)42)16-3-5-17(6-4-16)45-12-11-40)7-8-19-26(20)31(44)39(30(19)43)38(2)29-22(33)9-10-24(37-29)32(34,35)36/h3-7,9-10,13,19-20,25-26,40H,8,11-12,14H2,1-2H3. The Hall–Kier alpha value is -4.29. The average Bonchev–Trinajstić information content (AvgIpc) is 3.26. The molecule has 9 nitrogen and oxygen atoms in total. The lowest BCUT2D eigenvalue weighted by atomic mass is 9.59. The van der Waals surface area contributed by atoms with Crippen LogP contribution in [-0.4, -0.2) is 58.7 Å². The molecule has 234 valence electrons. The number of alkyl halides is 3. The SMILES string of the molecule is CC1=CC(=O)C2=C(C1=O)C(c1ccc(OCCO)cc1)C1=CCC3C(=O)N(N(C)c4nc(C(F)(F)F)ccc4Cl)C(=O)C3C1C2. The van der Waals surface area contributed by atoms with Crippen LogP contribution in [0.3, 0.4) is 0 Å². The fourth-order valence-electron chi connectivity index (χ4n) is 6.85. The van der Waals surface area contributed by atoms with Crippen LogP contribution < -0.4 is 9.75 Å². The van der Waals surface area contributed by atoms with Crippen LogP contribution >= 0.6 is 11.6 Å². The van der Waals surface area contributed by atoms with Gasteiger partial charge in [0.2, 0.25) is 0 Å². The molecule has 4 aliphatic rings. The maximum Gasteiger partial charge on any atom is 0.433 e. The van der Waals surface area contributed by atoms with Crippen LogP contribution in [0.4, 0.5) is 19.0 Å². The highest BCUT2D eigenvalue weighted by molar-refractivity contribution is 6.33. The molecule has 13 heteroatoms. The molecule has 4 unspecified atom stereocenters. The molecule has 1 aliphatic heterocycles. The Bertz CT molecular complexity index is 1730. The fourth-order valence-corrected chi connectivity index (χ4v) is 7.08. The molecule has 2 aromatic rings. The van der Waals surface area contributed by atoms with Crippen molar-refractivity contribution in [2.45, 2.75) is 31.9 Å². The van der Waals surface area contributed by atoms with E-state index in [-0.39, 0.29) is 48.2 Å². The number of Topliss-reactive ketones (excluding diaryl/α,β-unsaturated/α-hetero) is 1. The molecule has 3 aliphatic carbocycles. The number of hydrazine groups is 1. The molecule has 2 amide bonds. The topological polar surface area (TPSA) is 117 Å². The lowest BCUT2D eigenvalue weighted by molar-refractivity contribution is -0.141. The number of hydrogen-bond donors (Lipinski definition) is 1. The first-order valence-corrected chi connectivity index (χ1v) is 14.6. The smallest absolute Gasteiger partial charge is 0.433 e. The van der Waals surface area contributed by atoms with Crippen LogP contribution in [0.15, 0.2) is 70.8 Å². The van der Waals surface area contributed by atoms with Crippen molar-refractivity contribution in [1.29, 1.82) is 0 Å². The highest BCUT2D eigenvalue weighted by Crippen LogP contribution is 2.55.